The normalized spacial score (nSPS) is 17.4. The molecule has 1 aliphatic heterocycles. The second-order valence-corrected chi connectivity index (χ2v) is 5.69. The molecule has 1 amide bonds. The number of carbonyl (C=O) groups excluding carboxylic acids is 1. The van der Waals surface area contributed by atoms with E-state index in [0.29, 0.717) is 5.56 Å². The lowest BCUT2D eigenvalue weighted by Crippen LogP contribution is -2.42. The van der Waals surface area contributed by atoms with Crippen LogP contribution in [0.15, 0.2) is 53.6 Å². The van der Waals surface area contributed by atoms with Gasteiger partial charge in [0.05, 0.1) is 11.4 Å². The molecule has 134 valence electrons. The molecule has 8 heteroatoms. The molecular weight excluding hydrogens is 349 g/mol. The van der Waals surface area contributed by atoms with Crippen molar-refractivity contribution in [2.75, 3.05) is 5.01 Å². The van der Waals surface area contributed by atoms with Crippen molar-refractivity contribution in [3.63, 3.8) is 0 Å². The topological polar surface area (TPSA) is 70.0 Å². The Kier molecular flexibility index (Phi) is 4.75. The number of benzene rings is 2. The smallest absolute Gasteiger partial charge is 0.316 e. The van der Waals surface area contributed by atoms with Gasteiger partial charge in [0, 0.05) is 12.0 Å². The zero-order chi connectivity index (χ0) is 18.8. The summed E-state index contributed by atoms with van der Waals surface area (Å²) in [7, 11) is 0. The molecular formula is C18H13F3N2O3. The summed E-state index contributed by atoms with van der Waals surface area (Å²) in [6.07, 6.45) is -2.82. The molecule has 1 unspecified atom stereocenters. The fraction of sp³-hybridized carbons (Fsp3) is 0.167. The first kappa shape index (κ1) is 17.7. The first-order chi connectivity index (χ1) is 12.4. The number of carboxylic acids is 1. The lowest BCUT2D eigenvalue weighted by atomic mass is 9.94. The number of rotatable bonds is 4. The second-order valence-electron chi connectivity index (χ2n) is 5.69. The maximum Gasteiger partial charge on any atom is 0.316 e. The van der Waals surface area contributed by atoms with Crippen LogP contribution < -0.4 is 5.01 Å². The van der Waals surface area contributed by atoms with Crippen molar-refractivity contribution < 1.29 is 27.9 Å². The molecule has 2 aromatic carbocycles. The highest BCUT2D eigenvalue weighted by Crippen LogP contribution is 2.27. The van der Waals surface area contributed by atoms with Gasteiger partial charge in [-0.2, -0.15) is 10.1 Å². The molecule has 0 fully saturated rings. The predicted molar refractivity (Wildman–Crippen MR) is 87.6 cm³/mol. The van der Waals surface area contributed by atoms with Gasteiger partial charge in [-0.25, -0.2) is 13.2 Å². The molecule has 3 rings (SSSR count). The van der Waals surface area contributed by atoms with E-state index in [2.05, 4.69) is 5.10 Å². The number of amides is 1. The summed E-state index contributed by atoms with van der Waals surface area (Å²) in [4.78, 5) is 23.9. The van der Waals surface area contributed by atoms with Crippen LogP contribution in [0.2, 0.25) is 0 Å². The highest BCUT2D eigenvalue weighted by Gasteiger charge is 2.37. The summed E-state index contributed by atoms with van der Waals surface area (Å²) >= 11 is 0. The molecule has 1 heterocycles. The number of nitrogens with zero attached hydrogens (tertiary/aromatic N) is 2. The quantitative estimate of drug-likeness (QED) is 0.845. The van der Waals surface area contributed by atoms with Crippen LogP contribution in [0.3, 0.4) is 0 Å². The highest BCUT2D eigenvalue weighted by molar-refractivity contribution is 6.15. The van der Waals surface area contributed by atoms with Crippen LogP contribution >= 0.6 is 0 Å². The molecule has 1 N–H and O–H groups in total. The number of carboxylic acid groups (broad SMARTS) is 1. The Hall–Kier alpha value is -3.16. The highest BCUT2D eigenvalue weighted by atomic mass is 19.3. The molecule has 2 aromatic rings. The van der Waals surface area contributed by atoms with E-state index in [0.717, 1.165) is 11.1 Å². The predicted octanol–water partition coefficient (Wildman–Crippen LogP) is 3.61. The van der Waals surface area contributed by atoms with Crippen molar-refractivity contribution in [3.8, 4) is 0 Å². The average molecular weight is 362 g/mol. The number of anilines is 1. The summed E-state index contributed by atoms with van der Waals surface area (Å²) in [5, 5.41) is 14.3. The van der Waals surface area contributed by atoms with E-state index in [-0.39, 0.29) is 23.4 Å². The maximum absolute atomic E-state index is 13.5. The van der Waals surface area contributed by atoms with Crippen molar-refractivity contribution in [3.05, 3.63) is 65.5 Å². The fourth-order valence-electron chi connectivity index (χ4n) is 2.62. The first-order valence-electron chi connectivity index (χ1n) is 7.65. The van der Waals surface area contributed by atoms with Crippen LogP contribution in [-0.2, 0) is 9.59 Å². The minimum absolute atomic E-state index is 0.0858. The van der Waals surface area contributed by atoms with E-state index in [1.807, 2.05) is 0 Å². The molecule has 0 saturated carbocycles. The van der Waals surface area contributed by atoms with Crippen LogP contribution in [0.1, 0.15) is 24.0 Å². The fourth-order valence-corrected chi connectivity index (χ4v) is 2.62. The van der Waals surface area contributed by atoms with Crippen LogP contribution in [0.25, 0.3) is 0 Å². The van der Waals surface area contributed by atoms with E-state index in [4.69, 9.17) is 0 Å². The molecule has 1 atom stereocenters. The second kappa shape index (κ2) is 6.99. The van der Waals surface area contributed by atoms with Gasteiger partial charge in [-0.3, -0.25) is 9.59 Å². The minimum atomic E-state index is -2.63. The molecule has 0 aliphatic carbocycles. The first-order valence-corrected chi connectivity index (χ1v) is 7.65. The number of hydrazone groups is 1. The van der Waals surface area contributed by atoms with Crippen molar-refractivity contribution >= 4 is 23.3 Å². The maximum atomic E-state index is 13.5. The monoisotopic (exact) mass is 362 g/mol. The largest absolute Gasteiger partial charge is 0.481 e. The van der Waals surface area contributed by atoms with Crippen LogP contribution in [0.4, 0.5) is 18.9 Å². The number of hydrogen-bond donors (Lipinski definition) is 1. The summed E-state index contributed by atoms with van der Waals surface area (Å²) in [6, 6.07) is 10.2. The number of hydrogen-bond acceptors (Lipinski definition) is 3. The standard InChI is InChI=1S/C18H13F3N2O3/c19-12-2-1-3-13(8-12)23-17(24)14(18(25)26)9-15(22-23)10-4-6-11(7-5-10)16(20)21/h1-8,14,16H,9H2,(H,25,26). The van der Waals surface area contributed by atoms with E-state index in [1.165, 1.54) is 42.5 Å². The Morgan fingerprint density at radius 3 is 2.46 bits per heavy atom. The summed E-state index contributed by atoms with van der Waals surface area (Å²) in [5.41, 5.74) is 0.553. The van der Waals surface area contributed by atoms with E-state index in [1.54, 1.807) is 0 Å². The third-order valence-electron chi connectivity index (χ3n) is 3.97. The average Bonchev–Trinajstić information content (AvgIpc) is 2.61. The number of halogens is 3. The Morgan fingerprint density at radius 1 is 1.19 bits per heavy atom. The van der Waals surface area contributed by atoms with E-state index < -0.39 is 30.0 Å². The number of alkyl halides is 2. The summed E-state index contributed by atoms with van der Waals surface area (Å²) in [5.74, 6) is -4.14. The van der Waals surface area contributed by atoms with Crippen molar-refractivity contribution in [1.29, 1.82) is 0 Å². The lowest BCUT2D eigenvalue weighted by molar-refractivity contribution is -0.146. The van der Waals surface area contributed by atoms with Gasteiger partial charge in [0.2, 0.25) is 0 Å². The van der Waals surface area contributed by atoms with Gasteiger partial charge in [0.15, 0.2) is 0 Å². The molecule has 0 radical (unpaired) electrons. The lowest BCUT2D eigenvalue weighted by Gasteiger charge is -2.27. The Morgan fingerprint density at radius 2 is 1.88 bits per heavy atom. The number of aliphatic carboxylic acids is 1. The van der Waals surface area contributed by atoms with Gasteiger partial charge < -0.3 is 5.11 Å². The third kappa shape index (κ3) is 3.44. The van der Waals surface area contributed by atoms with Gasteiger partial charge in [0.1, 0.15) is 11.7 Å². The van der Waals surface area contributed by atoms with Gasteiger partial charge in [-0.1, -0.05) is 30.3 Å². The molecule has 0 bridgehead atoms. The van der Waals surface area contributed by atoms with E-state index in [9.17, 15) is 27.9 Å². The van der Waals surface area contributed by atoms with Crippen LogP contribution in [0, 0.1) is 11.7 Å². The zero-order valence-corrected chi connectivity index (χ0v) is 13.3. The van der Waals surface area contributed by atoms with Crippen molar-refractivity contribution in [2.45, 2.75) is 12.8 Å². The van der Waals surface area contributed by atoms with Gasteiger partial charge in [-0.05, 0) is 23.8 Å². The molecule has 1 aliphatic rings. The Labute approximate surface area is 146 Å². The minimum Gasteiger partial charge on any atom is -0.481 e. The van der Waals surface area contributed by atoms with Gasteiger partial charge in [-0.15, -0.1) is 0 Å². The molecule has 0 aromatic heterocycles. The SMILES string of the molecule is O=C(O)C1CC(c2ccc(C(F)F)cc2)=NN(c2cccc(F)c2)C1=O. The third-order valence-corrected chi connectivity index (χ3v) is 3.97. The molecule has 5 nitrogen and oxygen atoms in total. The zero-order valence-electron chi connectivity index (χ0n) is 13.3. The van der Waals surface area contributed by atoms with Gasteiger partial charge >= 0.3 is 5.97 Å². The molecule has 26 heavy (non-hydrogen) atoms. The molecule has 0 spiro atoms. The van der Waals surface area contributed by atoms with Crippen molar-refractivity contribution in [2.24, 2.45) is 11.0 Å². The molecule has 0 saturated heterocycles. The van der Waals surface area contributed by atoms with Crippen molar-refractivity contribution in [1.82, 2.24) is 0 Å². The van der Waals surface area contributed by atoms with Crippen LogP contribution in [0.5, 0.6) is 0 Å². The Bertz CT molecular complexity index is 882. The summed E-state index contributed by atoms with van der Waals surface area (Å²) in [6.45, 7) is 0. The summed E-state index contributed by atoms with van der Waals surface area (Å²) < 4.78 is 38.8. The Balaban J connectivity index is 2.03. The van der Waals surface area contributed by atoms with E-state index >= 15 is 0 Å². The number of carbonyl (C=O) groups is 2. The van der Waals surface area contributed by atoms with Gasteiger partial charge in [0.25, 0.3) is 12.3 Å². The van der Waals surface area contributed by atoms with Crippen LogP contribution in [-0.4, -0.2) is 22.7 Å².